The van der Waals surface area contributed by atoms with Gasteiger partial charge in [0.1, 0.15) is 13.2 Å². The van der Waals surface area contributed by atoms with E-state index in [0.717, 1.165) is 6.08 Å². The second-order valence-corrected chi connectivity index (χ2v) is 3.38. The first-order valence-electron chi connectivity index (χ1n) is 5.26. The minimum Gasteiger partial charge on any atom is -0.462 e. The Hall–Kier alpha value is -2.38. The van der Waals surface area contributed by atoms with Crippen LogP contribution >= 0.6 is 0 Å². The Balaban J connectivity index is 3.87. The van der Waals surface area contributed by atoms with Crippen LogP contribution in [-0.4, -0.2) is 42.4 Å². The predicted molar refractivity (Wildman–Crippen MR) is 60.0 cm³/mol. The first-order chi connectivity index (χ1) is 8.86. The summed E-state index contributed by atoms with van der Waals surface area (Å²) in [6.07, 6.45) is -1.19. The molecule has 1 atom stereocenters. The molecule has 1 N–H and O–H groups in total. The molecule has 0 aromatic heterocycles. The number of carbonyl (C=O) groups excluding carboxylic acids is 3. The van der Waals surface area contributed by atoms with Crippen LogP contribution in [0.1, 0.15) is 13.3 Å². The smallest absolute Gasteiger partial charge is 0.462 e. The van der Waals surface area contributed by atoms with E-state index in [9.17, 15) is 19.2 Å². The number of hydrogen-bond acceptors (Lipinski definition) is 7. The largest absolute Gasteiger partial charge is 0.513 e. The molecule has 0 aliphatic heterocycles. The van der Waals surface area contributed by atoms with Crippen molar-refractivity contribution >= 4 is 24.1 Å². The molecule has 0 heterocycles. The molecule has 8 heteroatoms. The Bertz CT molecular complexity index is 373. The highest BCUT2D eigenvalue weighted by atomic mass is 16.7. The maximum absolute atomic E-state index is 11.3. The molecule has 19 heavy (non-hydrogen) atoms. The van der Waals surface area contributed by atoms with E-state index in [-0.39, 0.29) is 13.2 Å². The quantitative estimate of drug-likeness (QED) is 0.234. The number of rotatable bonds is 7. The molecule has 0 spiro atoms. The van der Waals surface area contributed by atoms with Crippen LogP contribution in [0.2, 0.25) is 0 Å². The van der Waals surface area contributed by atoms with Gasteiger partial charge in [0.05, 0.1) is 12.3 Å². The van der Waals surface area contributed by atoms with E-state index in [1.165, 1.54) is 6.92 Å². The van der Waals surface area contributed by atoms with Crippen molar-refractivity contribution in [1.82, 2.24) is 0 Å². The molecule has 0 fully saturated rings. The Morgan fingerprint density at radius 1 is 1.21 bits per heavy atom. The first kappa shape index (κ1) is 16.6. The summed E-state index contributed by atoms with van der Waals surface area (Å²) < 4.78 is 13.1. The highest BCUT2D eigenvalue weighted by Gasteiger charge is 2.20. The maximum atomic E-state index is 11.3. The van der Waals surface area contributed by atoms with Gasteiger partial charge in [0.15, 0.2) is 0 Å². The van der Waals surface area contributed by atoms with Gasteiger partial charge in [-0.15, -0.1) is 0 Å². The highest BCUT2D eigenvalue weighted by Crippen LogP contribution is 2.06. The summed E-state index contributed by atoms with van der Waals surface area (Å²) in [5.41, 5.74) is 0. The van der Waals surface area contributed by atoms with Gasteiger partial charge in [0, 0.05) is 6.08 Å². The molecule has 106 valence electrons. The average Bonchev–Trinajstić information content (AvgIpc) is 2.32. The number of hydrogen-bond donors (Lipinski definition) is 1. The monoisotopic (exact) mass is 274 g/mol. The summed E-state index contributed by atoms with van der Waals surface area (Å²) in [6.45, 7) is 4.25. The lowest BCUT2D eigenvalue weighted by Gasteiger charge is -2.10. The van der Waals surface area contributed by atoms with Crippen molar-refractivity contribution in [3.8, 4) is 0 Å². The molecule has 0 saturated heterocycles. The van der Waals surface area contributed by atoms with Crippen LogP contribution in [0.25, 0.3) is 0 Å². The van der Waals surface area contributed by atoms with Crippen molar-refractivity contribution < 1.29 is 38.5 Å². The van der Waals surface area contributed by atoms with E-state index in [2.05, 4.69) is 16.1 Å². The second-order valence-electron chi connectivity index (χ2n) is 3.38. The molecule has 0 saturated carbocycles. The standard InChI is InChI=1S/C11H14O8/c1-3-8(12)17-4-5-18-10(14)7(2)6-9(13)19-11(15)16/h3,7H,1,4-6H2,2H3,(H,15,16). The van der Waals surface area contributed by atoms with Gasteiger partial charge in [0.2, 0.25) is 0 Å². The zero-order valence-electron chi connectivity index (χ0n) is 10.3. The molecular formula is C11H14O8. The third-order valence-corrected chi connectivity index (χ3v) is 1.82. The van der Waals surface area contributed by atoms with Gasteiger partial charge in [-0.3, -0.25) is 9.59 Å². The molecule has 0 radical (unpaired) electrons. The summed E-state index contributed by atoms with van der Waals surface area (Å²) in [5, 5.41) is 8.17. The Kier molecular flexibility index (Phi) is 7.59. The molecule has 1 unspecified atom stereocenters. The fraction of sp³-hybridized carbons (Fsp3) is 0.455. The second kappa shape index (κ2) is 8.67. The molecule has 0 bridgehead atoms. The number of carbonyl (C=O) groups is 4. The van der Waals surface area contributed by atoms with Crippen LogP contribution in [0, 0.1) is 5.92 Å². The first-order valence-corrected chi connectivity index (χ1v) is 5.26. The van der Waals surface area contributed by atoms with Crippen LogP contribution in [-0.2, 0) is 28.6 Å². The van der Waals surface area contributed by atoms with Gasteiger partial charge in [0.25, 0.3) is 0 Å². The molecule has 0 aromatic rings. The van der Waals surface area contributed by atoms with Crippen LogP contribution in [0.15, 0.2) is 12.7 Å². The predicted octanol–water partition coefficient (Wildman–Crippen LogP) is 0.506. The zero-order chi connectivity index (χ0) is 14.8. The lowest BCUT2D eigenvalue weighted by atomic mass is 10.1. The van der Waals surface area contributed by atoms with Gasteiger partial charge in [-0.25, -0.2) is 9.59 Å². The van der Waals surface area contributed by atoms with Gasteiger partial charge < -0.3 is 19.3 Å². The number of esters is 3. The van der Waals surface area contributed by atoms with Gasteiger partial charge >= 0.3 is 24.1 Å². The lowest BCUT2D eigenvalue weighted by Crippen LogP contribution is -2.22. The zero-order valence-corrected chi connectivity index (χ0v) is 10.3. The van der Waals surface area contributed by atoms with Crippen molar-refractivity contribution in [2.75, 3.05) is 13.2 Å². The fourth-order valence-electron chi connectivity index (χ4n) is 0.958. The lowest BCUT2D eigenvalue weighted by molar-refractivity contribution is -0.155. The van der Waals surface area contributed by atoms with Gasteiger partial charge in [-0.05, 0) is 0 Å². The fourth-order valence-corrected chi connectivity index (χ4v) is 0.958. The van der Waals surface area contributed by atoms with Crippen molar-refractivity contribution in [2.24, 2.45) is 5.92 Å². The normalized spacial score (nSPS) is 11.0. The summed E-state index contributed by atoms with van der Waals surface area (Å²) in [7, 11) is 0. The summed E-state index contributed by atoms with van der Waals surface area (Å²) in [6, 6.07) is 0. The van der Waals surface area contributed by atoms with E-state index in [0.29, 0.717) is 0 Å². The van der Waals surface area contributed by atoms with E-state index in [4.69, 9.17) is 9.84 Å². The van der Waals surface area contributed by atoms with Crippen molar-refractivity contribution in [1.29, 1.82) is 0 Å². The molecule has 0 aromatic carbocycles. The molecule has 0 rings (SSSR count). The average molecular weight is 274 g/mol. The van der Waals surface area contributed by atoms with E-state index < -0.39 is 36.4 Å². The Morgan fingerprint density at radius 2 is 1.79 bits per heavy atom. The van der Waals surface area contributed by atoms with Crippen LogP contribution < -0.4 is 0 Å². The number of carboxylic acid groups (broad SMARTS) is 1. The Morgan fingerprint density at radius 3 is 2.32 bits per heavy atom. The highest BCUT2D eigenvalue weighted by molar-refractivity contribution is 5.85. The van der Waals surface area contributed by atoms with E-state index in [1.54, 1.807) is 0 Å². The minimum absolute atomic E-state index is 0.136. The number of ether oxygens (including phenoxy) is 3. The van der Waals surface area contributed by atoms with Crippen LogP contribution in [0.5, 0.6) is 0 Å². The molecule has 0 aliphatic carbocycles. The topological polar surface area (TPSA) is 116 Å². The summed E-state index contributed by atoms with van der Waals surface area (Å²) >= 11 is 0. The van der Waals surface area contributed by atoms with E-state index in [1.807, 2.05) is 0 Å². The van der Waals surface area contributed by atoms with Gasteiger partial charge in [-0.1, -0.05) is 13.5 Å². The minimum atomic E-state index is -1.73. The third kappa shape index (κ3) is 8.36. The van der Waals surface area contributed by atoms with E-state index >= 15 is 0 Å². The molecular weight excluding hydrogens is 260 g/mol. The van der Waals surface area contributed by atoms with Gasteiger partial charge in [-0.2, -0.15) is 0 Å². The van der Waals surface area contributed by atoms with Crippen molar-refractivity contribution in [3.63, 3.8) is 0 Å². The maximum Gasteiger partial charge on any atom is 0.513 e. The van der Waals surface area contributed by atoms with Crippen LogP contribution in [0.4, 0.5) is 4.79 Å². The Labute approximate surface area is 108 Å². The third-order valence-electron chi connectivity index (χ3n) is 1.82. The van der Waals surface area contributed by atoms with Crippen molar-refractivity contribution in [3.05, 3.63) is 12.7 Å². The molecule has 0 amide bonds. The molecule has 0 aliphatic rings. The molecule has 8 nitrogen and oxygen atoms in total. The van der Waals surface area contributed by atoms with Crippen molar-refractivity contribution in [2.45, 2.75) is 13.3 Å². The van der Waals surface area contributed by atoms with Crippen LogP contribution in [0.3, 0.4) is 0 Å². The summed E-state index contributed by atoms with van der Waals surface area (Å²) in [4.78, 5) is 43.0. The SMILES string of the molecule is C=CC(=O)OCCOC(=O)C(C)CC(=O)OC(=O)O. The summed E-state index contributed by atoms with van der Waals surface area (Å²) in [5.74, 6) is -3.27.